The third-order valence-corrected chi connectivity index (χ3v) is 5.63. The van der Waals surface area contributed by atoms with Crippen molar-refractivity contribution in [1.82, 2.24) is 14.8 Å². The molecule has 1 aromatic heterocycles. The first-order chi connectivity index (χ1) is 15.9. The summed E-state index contributed by atoms with van der Waals surface area (Å²) < 4.78 is 32.2. The average molecular weight is 475 g/mol. The highest BCUT2D eigenvalue weighted by atomic mass is 32.2. The van der Waals surface area contributed by atoms with Crippen LogP contribution in [-0.4, -0.2) is 47.8 Å². The van der Waals surface area contributed by atoms with Crippen LogP contribution in [-0.2, 0) is 11.3 Å². The van der Waals surface area contributed by atoms with Crippen LogP contribution in [0.2, 0.25) is 0 Å². The number of hydrogen-bond donors (Lipinski definition) is 1. The summed E-state index contributed by atoms with van der Waals surface area (Å²) in [6, 6.07) is 9.75. The summed E-state index contributed by atoms with van der Waals surface area (Å²) in [5.74, 6) is 1.50. The minimum absolute atomic E-state index is 0.0875. The van der Waals surface area contributed by atoms with Crippen LogP contribution in [0, 0.1) is 11.7 Å². The van der Waals surface area contributed by atoms with Gasteiger partial charge in [0.2, 0.25) is 11.7 Å². The number of anilines is 1. The molecule has 10 heteroatoms. The first-order valence-corrected chi connectivity index (χ1v) is 11.3. The topological polar surface area (TPSA) is 87.5 Å². The van der Waals surface area contributed by atoms with Crippen molar-refractivity contribution in [3.05, 3.63) is 42.2 Å². The zero-order valence-corrected chi connectivity index (χ0v) is 20.0. The molecule has 8 nitrogen and oxygen atoms in total. The number of nitrogens with one attached hydrogen (secondary N) is 1. The molecule has 0 bridgehead atoms. The van der Waals surface area contributed by atoms with E-state index in [0.717, 1.165) is 0 Å². The summed E-state index contributed by atoms with van der Waals surface area (Å²) in [5, 5.41) is 11.8. The van der Waals surface area contributed by atoms with Crippen molar-refractivity contribution in [3.8, 4) is 28.6 Å². The largest absolute Gasteiger partial charge is 0.493 e. The van der Waals surface area contributed by atoms with Crippen molar-refractivity contribution in [2.45, 2.75) is 25.5 Å². The molecule has 3 aromatic rings. The van der Waals surface area contributed by atoms with Gasteiger partial charge in [0.25, 0.3) is 0 Å². The van der Waals surface area contributed by atoms with Crippen molar-refractivity contribution in [1.29, 1.82) is 0 Å². The van der Waals surface area contributed by atoms with Gasteiger partial charge in [-0.3, -0.25) is 4.79 Å². The number of amides is 1. The summed E-state index contributed by atoms with van der Waals surface area (Å²) in [5.41, 5.74) is 0.880. The molecule has 0 radical (unpaired) electrons. The Morgan fingerprint density at radius 3 is 2.33 bits per heavy atom. The lowest BCUT2D eigenvalue weighted by Crippen LogP contribution is -2.15. The van der Waals surface area contributed by atoms with Crippen molar-refractivity contribution in [3.63, 3.8) is 0 Å². The van der Waals surface area contributed by atoms with E-state index in [1.54, 1.807) is 30.3 Å². The van der Waals surface area contributed by atoms with E-state index in [1.807, 2.05) is 4.57 Å². The lowest BCUT2D eigenvalue weighted by Gasteiger charge is -2.15. The molecule has 33 heavy (non-hydrogen) atoms. The monoisotopic (exact) mass is 474 g/mol. The lowest BCUT2D eigenvalue weighted by molar-refractivity contribution is -0.113. The SMILES string of the molecule is COc1cc(NC(=O)CSc2nnc(-c3ccccc3F)n2CC(C)C)cc(OC)c1OC. The normalized spacial score (nSPS) is 10.9. The highest BCUT2D eigenvalue weighted by Crippen LogP contribution is 2.40. The second-order valence-electron chi connectivity index (χ2n) is 7.54. The molecule has 2 aromatic carbocycles. The number of halogens is 1. The Morgan fingerprint density at radius 2 is 1.76 bits per heavy atom. The molecule has 0 aliphatic rings. The third-order valence-electron chi connectivity index (χ3n) is 4.66. The maximum atomic E-state index is 14.4. The van der Waals surface area contributed by atoms with E-state index in [9.17, 15) is 9.18 Å². The zero-order valence-electron chi connectivity index (χ0n) is 19.2. The van der Waals surface area contributed by atoms with E-state index in [4.69, 9.17) is 14.2 Å². The van der Waals surface area contributed by atoms with Gasteiger partial charge in [0.1, 0.15) is 5.82 Å². The Bertz CT molecular complexity index is 1090. The van der Waals surface area contributed by atoms with Gasteiger partial charge in [0.15, 0.2) is 22.5 Å². The molecule has 0 spiro atoms. The highest BCUT2D eigenvalue weighted by molar-refractivity contribution is 7.99. The number of hydrogen-bond acceptors (Lipinski definition) is 7. The van der Waals surface area contributed by atoms with Gasteiger partial charge in [-0.15, -0.1) is 10.2 Å². The van der Waals surface area contributed by atoms with Crippen LogP contribution < -0.4 is 19.5 Å². The Balaban J connectivity index is 1.77. The quantitative estimate of drug-likeness (QED) is 0.433. The molecule has 1 heterocycles. The Morgan fingerprint density at radius 1 is 1.09 bits per heavy atom. The predicted molar refractivity (Wildman–Crippen MR) is 126 cm³/mol. The van der Waals surface area contributed by atoms with Gasteiger partial charge >= 0.3 is 0 Å². The molecule has 0 atom stereocenters. The maximum Gasteiger partial charge on any atom is 0.234 e. The fourth-order valence-electron chi connectivity index (χ4n) is 3.25. The zero-order chi connectivity index (χ0) is 24.0. The van der Waals surface area contributed by atoms with Crippen LogP contribution in [0.5, 0.6) is 17.2 Å². The maximum absolute atomic E-state index is 14.4. The summed E-state index contributed by atoms with van der Waals surface area (Å²) in [7, 11) is 4.53. The Kier molecular flexibility index (Phi) is 8.16. The smallest absolute Gasteiger partial charge is 0.234 e. The van der Waals surface area contributed by atoms with Gasteiger partial charge in [-0.2, -0.15) is 0 Å². The molecule has 0 aliphatic heterocycles. The van der Waals surface area contributed by atoms with Gasteiger partial charge < -0.3 is 24.1 Å². The molecule has 3 rings (SSSR count). The number of ether oxygens (including phenoxy) is 3. The number of aromatic nitrogens is 3. The second-order valence-corrected chi connectivity index (χ2v) is 8.48. The van der Waals surface area contributed by atoms with Crippen molar-refractivity contribution < 1.29 is 23.4 Å². The number of nitrogens with zero attached hydrogens (tertiary/aromatic N) is 3. The lowest BCUT2D eigenvalue weighted by atomic mass is 10.2. The van der Waals surface area contributed by atoms with Gasteiger partial charge in [-0.1, -0.05) is 37.7 Å². The molecule has 0 aliphatic carbocycles. The minimum Gasteiger partial charge on any atom is -0.493 e. The van der Waals surface area contributed by atoms with Crippen molar-refractivity contribution >= 4 is 23.4 Å². The van der Waals surface area contributed by atoms with E-state index < -0.39 is 0 Å². The summed E-state index contributed by atoms with van der Waals surface area (Å²) in [4.78, 5) is 12.6. The molecule has 0 saturated carbocycles. The van der Waals surface area contributed by atoms with Crippen LogP contribution in [0.1, 0.15) is 13.8 Å². The number of carbonyl (C=O) groups excluding carboxylic acids is 1. The van der Waals surface area contributed by atoms with E-state index in [1.165, 1.54) is 39.2 Å². The van der Waals surface area contributed by atoms with Gasteiger partial charge in [-0.25, -0.2) is 4.39 Å². The predicted octanol–water partition coefficient (Wildman–Crippen LogP) is 4.50. The summed E-state index contributed by atoms with van der Waals surface area (Å²) in [6.45, 7) is 4.70. The molecule has 0 unspecified atom stereocenters. The van der Waals surface area contributed by atoms with E-state index in [0.29, 0.717) is 46.0 Å². The van der Waals surface area contributed by atoms with Gasteiger partial charge in [-0.05, 0) is 18.1 Å². The highest BCUT2D eigenvalue weighted by Gasteiger charge is 2.19. The molecule has 0 saturated heterocycles. The van der Waals surface area contributed by atoms with Crippen LogP contribution in [0.15, 0.2) is 41.6 Å². The number of benzene rings is 2. The van der Waals surface area contributed by atoms with Crippen molar-refractivity contribution in [2.75, 3.05) is 32.4 Å². The minimum atomic E-state index is -0.369. The molecule has 176 valence electrons. The molecule has 0 fully saturated rings. The number of methoxy groups -OCH3 is 3. The molecule has 1 amide bonds. The number of rotatable bonds is 10. The standard InChI is InChI=1S/C23H27FN4O4S/c1-14(2)12-28-22(16-8-6-7-9-17(16)24)26-27-23(28)33-13-20(29)25-15-10-18(30-3)21(32-5)19(11-15)31-4/h6-11,14H,12-13H2,1-5H3,(H,25,29). The Labute approximate surface area is 196 Å². The Hall–Kier alpha value is -3.27. The molecular formula is C23H27FN4O4S. The fraction of sp³-hybridized carbons (Fsp3) is 0.348. The van der Waals surface area contributed by atoms with Crippen LogP contribution >= 0.6 is 11.8 Å². The van der Waals surface area contributed by atoms with E-state index >= 15 is 0 Å². The van der Waals surface area contributed by atoms with Crippen LogP contribution in [0.25, 0.3) is 11.4 Å². The number of thioether (sulfide) groups is 1. The van der Waals surface area contributed by atoms with Crippen molar-refractivity contribution in [2.24, 2.45) is 5.92 Å². The second kappa shape index (κ2) is 11.0. The third kappa shape index (κ3) is 5.75. The van der Waals surface area contributed by atoms with E-state index in [2.05, 4.69) is 29.4 Å². The first-order valence-electron chi connectivity index (χ1n) is 10.3. The number of carbonyl (C=O) groups is 1. The van der Waals surface area contributed by atoms with E-state index in [-0.39, 0.29) is 23.4 Å². The van der Waals surface area contributed by atoms with Crippen LogP contribution in [0.4, 0.5) is 10.1 Å². The molecule has 1 N–H and O–H groups in total. The van der Waals surface area contributed by atoms with Crippen LogP contribution in [0.3, 0.4) is 0 Å². The summed E-state index contributed by atoms with van der Waals surface area (Å²) in [6.07, 6.45) is 0. The molecular weight excluding hydrogens is 447 g/mol. The summed E-state index contributed by atoms with van der Waals surface area (Å²) >= 11 is 1.23. The first kappa shape index (κ1) is 24.4. The average Bonchev–Trinajstić information content (AvgIpc) is 3.18. The fourth-order valence-corrected chi connectivity index (χ4v) is 4.00. The van der Waals surface area contributed by atoms with Gasteiger partial charge in [0.05, 0.1) is 32.6 Å². The van der Waals surface area contributed by atoms with Gasteiger partial charge in [0, 0.05) is 24.4 Å².